The first-order chi connectivity index (χ1) is 12.6. The summed E-state index contributed by atoms with van der Waals surface area (Å²) >= 11 is 5.98. The van der Waals surface area contributed by atoms with Gasteiger partial charge >= 0.3 is 0 Å². The van der Waals surface area contributed by atoms with Crippen molar-refractivity contribution in [3.8, 4) is 11.4 Å². The highest BCUT2D eigenvalue weighted by Gasteiger charge is 2.20. The Bertz CT molecular complexity index is 884. The Balaban J connectivity index is 1.46. The summed E-state index contributed by atoms with van der Waals surface area (Å²) < 4.78 is 0. The molecule has 134 valence electrons. The van der Waals surface area contributed by atoms with Gasteiger partial charge in [-0.25, -0.2) is 9.97 Å². The van der Waals surface area contributed by atoms with Crippen molar-refractivity contribution in [2.45, 2.75) is 19.5 Å². The summed E-state index contributed by atoms with van der Waals surface area (Å²) in [6.07, 6.45) is 2.93. The average molecular weight is 368 g/mol. The topological polar surface area (TPSA) is 48.0 Å². The second-order valence-electron chi connectivity index (χ2n) is 6.90. The molecule has 3 heterocycles. The Hall–Kier alpha value is -2.37. The highest BCUT2D eigenvalue weighted by molar-refractivity contribution is 6.30. The molecular weight excluding hydrogens is 346 g/mol. The SMILES string of the molecule is CN(C)c1ccc(CN2CCc3nc(-c4ccc(Cl)cc4)[nH]c3C2)cn1. The molecule has 1 aromatic carbocycles. The molecule has 0 atom stereocenters. The zero-order valence-corrected chi connectivity index (χ0v) is 15.8. The van der Waals surface area contributed by atoms with Gasteiger partial charge < -0.3 is 9.88 Å². The van der Waals surface area contributed by atoms with Crippen molar-refractivity contribution >= 4 is 17.4 Å². The van der Waals surface area contributed by atoms with E-state index in [9.17, 15) is 0 Å². The number of benzene rings is 1. The maximum Gasteiger partial charge on any atom is 0.137 e. The minimum atomic E-state index is 0.741. The van der Waals surface area contributed by atoms with E-state index < -0.39 is 0 Å². The van der Waals surface area contributed by atoms with Crippen molar-refractivity contribution in [3.05, 3.63) is 64.6 Å². The van der Waals surface area contributed by atoms with Crippen molar-refractivity contribution in [2.24, 2.45) is 0 Å². The summed E-state index contributed by atoms with van der Waals surface area (Å²) in [5.74, 6) is 1.90. The van der Waals surface area contributed by atoms with Crippen LogP contribution in [-0.2, 0) is 19.5 Å². The number of nitrogens with one attached hydrogen (secondary N) is 1. The predicted molar refractivity (Wildman–Crippen MR) is 105 cm³/mol. The first-order valence-corrected chi connectivity index (χ1v) is 9.14. The number of fused-ring (bicyclic) bond motifs is 1. The van der Waals surface area contributed by atoms with Crippen LogP contribution < -0.4 is 4.90 Å². The van der Waals surface area contributed by atoms with Gasteiger partial charge in [-0.2, -0.15) is 0 Å². The van der Waals surface area contributed by atoms with Gasteiger partial charge in [-0.1, -0.05) is 17.7 Å². The molecule has 0 saturated heterocycles. The van der Waals surface area contributed by atoms with Crippen LogP contribution in [0.1, 0.15) is 17.0 Å². The molecule has 0 saturated carbocycles. The lowest BCUT2D eigenvalue weighted by Gasteiger charge is -2.26. The fourth-order valence-corrected chi connectivity index (χ4v) is 3.39. The molecule has 3 aromatic rings. The zero-order valence-electron chi connectivity index (χ0n) is 15.0. The predicted octanol–water partition coefficient (Wildman–Crippen LogP) is 3.75. The Morgan fingerprint density at radius 3 is 2.65 bits per heavy atom. The number of rotatable bonds is 4. The van der Waals surface area contributed by atoms with E-state index in [2.05, 4.69) is 27.0 Å². The van der Waals surface area contributed by atoms with Crippen molar-refractivity contribution < 1.29 is 0 Å². The van der Waals surface area contributed by atoms with Crippen LogP contribution in [0.25, 0.3) is 11.4 Å². The van der Waals surface area contributed by atoms with Gasteiger partial charge in [0, 0.05) is 56.9 Å². The highest BCUT2D eigenvalue weighted by atomic mass is 35.5. The first kappa shape index (κ1) is 17.1. The molecule has 5 nitrogen and oxygen atoms in total. The monoisotopic (exact) mass is 367 g/mol. The summed E-state index contributed by atoms with van der Waals surface area (Å²) in [6.45, 7) is 2.79. The van der Waals surface area contributed by atoms with E-state index in [-0.39, 0.29) is 0 Å². The lowest BCUT2D eigenvalue weighted by Crippen LogP contribution is -2.30. The van der Waals surface area contributed by atoms with Crippen molar-refractivity contribution in [1.29, 1.82) is 0 Å². The lowest BCUT2D eigenvalue weighted by atomic mass is 10.1. The molecular formula is C20H22ClN5. The third kappa shape index (κ3) is 3.59. The fraction of sp³-hybridized carbons (Fsp3) is 0.300. The van der Waals surface area contributed by atoms with E-state index in [1.807, 2.05) is 49.5 Å². The Morgan fingerprint density at radius 1 is 1.15 bits per heavy atom. The maximum absolute atomic E-state index is 5.98. The summed E-state index contributed by atoms with van der Waals surface area (Å²) in [4.78, 5) is 17.2. The number of aromatic amines is 1. The molecule has 0 radical (unpaired) electrons. The van der Waals surface area contributed by atoms with Crippen LogP contribution in [-0.4, -0.2) is 40.5 Å². The molecule has 0 bridgehead atoms. The molecule has 4 rings (SSSR count). The molecule has 6 heteroatoms. The van der Waals surface area contributed by atoms with Crippen LogP contribution in [0, 0.1) is 0 Å². The van der Waals surface area contributed by atoms with Gasteiger partial charge in [0.2, 0.25) is 0 Å². The molecule has 26 heavy (non-hydrogen) atoms. The van der Waals surface area contributed by atoms with Gasteiger partial charge in [0.1, 0.15) is 11.6 Å². The van der Waals surface area contributed by atoms with E-state index in [1.54, 1.807) is 0 Å². The molecule has 0 aliphatic carbocycles. The van der Waals surface area contributed by atoms with Gasteiger partial charge in [-0.05, 0) is 35.9 Å². The quantitative estimate of drug-likeness (QED) is 0.763. The third-order valence-electron chi connectivity index (χ3n) is 4.70. The average Bonchev–Trinajstić information content (AvgIpc) is 3.06. The Kier molecular flexibility index (Phi) is 4.66. The van der Waals surface area contributed by atoms with E-state index in [4.69, 9.17) is 16.6 Å². The van der Waals surface area contributed by atoms with Crippen molar-refractivity contribution in [3.63, 3.8) is 0 Å². The van der Waals surface area contributed by atoms with E-state index in [0.717, 1.165) is 48.3 Å². The van der Waals surface area contributed by atoms with Crippen LogP contribution in [0.3, 0.4) is 0 Å². The summed E-state index contributed by atoms with van der Waals surface area (Å²) in [5.41, 5.74) is 4.68. The number of H-pyrrole nitrogens is 1. The molecule has 1 aliphatic heterocycles. The summed E-state index contributed by atoms with van der Waals surface area (Å²) in [7, 11) is 4.01. The number of halogens is 1. The normalized spacial score (nSPS) is 14.3. The number of aromatic nitrogens is 3. The highest BCUT2D eigenvalue weighted by Crippen LogP contribution is 2.24. The summed E-state index contributed by atoms with van der Waals surface area (Å²) in [6, 6.07) is 12.0. The Morgan fingerprint density at radius 2 is 1.96 bits per heavy atom. The molecule has 1 aliphatic rings. The number of hydrogen-bond acceptors (Lipinski definition) is 4. The van der Waals surface area contributed by atoms with Crippen LogP contribution >= 0.6 is 11.6 Å². The minimum Gasteiger partial charge on any atom is -0.363 e. The van der Waals surface area contributed by atoms with E-state index in [1.165, 1.54) is 17.0 Å². The first-order valence-electron chi connectivity index (χ1n) is 8.77. The molecule has 0 amide bonds. The van der Waals surface area contributed by atoms with Gasteiger partial charge in [0.15, 0.2) is 0 Å². The second-order valence-corrected chi connectivity index (χ2v) is 7.33. The smallest absolute Gasteiger partial charge is 0.137 e. The number of imidazole rings is 1. The molecule has 0 fully saturated rings. The number of hydrogen-bond donors (Lipinski definition) is 1. The van der Waals surface area contributed by atoms with Crippen LogP contribution in [0.15, 0.2) is 42.6 Å². The maximum atomic E-state index is 5.98. The minimum absolute atomic E-state index is 0.741. The number of anilines is 1. The van der Waals surface area contributed by atoms with Gasteiger partial charge in [-0.3, -0.25) is 4.90 Å². The van der Waals surface area contributed by atoms with Crippen LogP contribution in [0.2, 0.25) is 5.02 Å². The lowest BCUT2D eigenvalue weighted by molar-refractivity contribution is 0.241. The fourth-order valence-electron chi connectivity index (χ4n) is 3.26. The second kappa shape index (κ2) is 7.09. The van der Waals surface area contributed by atoms with Crippen LogP contribution in [0.4, 0.5) is 5.82 Å². The number of nitrogens with zero attached hydrogens (tertiary/aromatic N) is 4. The van der Waals surface area contributed by atoms with Gasteiger partial charge in [0.25, 0.3) is 0 Å². The summed E-state index contributed by atoms with van der Waals surface area (Å²) in [5, 5.41) is 0.741. The molecule has 0 unspecified atom stereocenters. The largest absolute Gasteiger partial charge is 0.363 e. The van der Waals surface area contributed by atoms with Gasteiger partial charge in [-0.15, -0.1) is 0 Å². The zero-order chi connectivity index (χ0) is 18.1. The van der Waals surface area contributed by atoms with Crippen LogP contribution in [0.5, 0.6) is 0 Å². The van der Waals surface area contributed by atoms with E-state index >= 15 is 0 Å². The molecule has 2 aromatic heterocycles. The van der Waals surface area contributed by atoms with E-state index in [0.29, 0.717) is 0 Å². The standard InChI is InChI=1S/C20H22ClN5/c1-25(2)19-8-3-14(11-22-19)12-26-10-9-17-18(13-26)24-20(23-17)15-4-6-16(21)7-5-15/h3-8,11H,9-10,12-13H2,1-2H3,(H,23,24). The molecule has 0 spiro atoms. The molecule has 1 N–H and O–H groups in total. The van der Waals surface area contributed by atoms with Gasteiger partial charge in [0.05, 0.1) is 11.4 Å². The van der Waals surface area contributed by atoms with Crippen molar-refractivity contribution in [2.75, 3.05) is 25.5 Å². The third-order valence-corrected chi connectivity index (χ3v) is 4.95. The number of pyridine rings is 1. The van der Waals surface area contributed by atoms with Crippen molar-refractivity contribution in [1.82, 2.24) is 19.9 Å². The Labute approximate surface area is 158 Å².